The molecule has 0 spiro atoms. The van der Waals surface area contributed by atoms with E-state index in [0.29, 0.717) is 22.8 Å². The number of benzene rings is 2. The van der Waals surface area contributed by atoms with Crippen LogP contribution in [0.3, 0.4) is 0 Å². The Morgan fingerprint density at radius 1 is 1.30 bits per heavy atom. The van der Waals surface area contributed by atoms with E-state index >= 15 is 0 Å². The number of anilines is 2. The average Bonchev–Trinajstić information content (AvgIpc) is 2.61. The normalized spacial score (nSPS) is 10.4. The minimum atomic E-state index is 0. The molecule has 0 radical (unpaired) electrons. The first-order valence-corrected chi connectivity index (χ1v) is 8.40. The molecule has 136 valence electrons. The number of nitrogens with zero attached hydrogens (tertiary/aromatic N) is 2. The number of rotatable bonds is 7. The van der Waals surface area contributed by atoms with Crippen LogP contribution in [-0.4, -0.2) is 22.7 Å². The van der Waals surface area contributed by atoms with Crippen LogP contribution < -0.4 is 14.8 Å². The number of fused-ring (bicyclic) bond motifs is 1. The third kappa shape index (κ3) is 5.25. The summed E-state index contributed by atoms with van der Waals surface area (Å²) in [6.07, 6.45) is 3.33. The topological polar surface area (TPSA) is 56.3 Å². The van der Waals surface area contributed by atoms with Crippen molar-refractivity contribution in [3.63, 3.8) is 0 Å². The van der Waals surface area contributed by atoms with Crippen molar-refractivity contribution in [1.82, 2.24) is 9.97 Å². The van der Waals surface area contributed by atoms with E-state index in [0.717, 1.165) is 16.6 Å². The Balaban J connectivity index is 0.00000261. The van der Waals surface area contributed by atoms with Crippen LogP contribution in [0.1, 0.15) is 19.4 Å². The van der Waals surface area contributed by atoms with Crippen molar-refractivity contribution in [2.24, 2.45) is 0 Å². The Morgan fingerprint density at radius 3 is 2.81 bits per heavy atom. The fourth-order valence-electron chi connectivity index (χ4n) is 2.57. The van der Waals surface area contributed by atoms with Gasteiger partial charge < -0.3 is 21.7 Å². The van der Waals surface area contributed by atoms with Crippen molar-refractivity contribution in [1.29, 1.82) is 0 Å². The maximum atomic E-state index is 5.75. The van der Waals surface area contributed by atoms with Crippen LogP contribution >= 0.6 is 0 Å². The fraction of sp³-hybridized carbons (Fsp3) is 0.190. The Kier molecular flexibility index (Phi) is 7.70. The van der Waals surface area contributed by atoms with Gasteiger partial charge in [-0.3, -0.25) is 4.98 Å². The summed E-state index contributed by atoms with van der Waals surface area (Å²) < 4.78 is 11.4. The van der Waals surface area contributed by atoms with Crippen molar-refractivity contribution in [3.05, 3.63) is 61.8 Å². The third-order valence-electron chi connectivity index (χ3n) is 3.60. The Bertz CT molecular complexity index is 928. The summed E-state index contributed by atoms with van der Waals surface area (Å²) in [4.78, 5) is 8.74. The van der Waals surface area contributed by atoms with Crippen molar-refractivity contribution < 1.29 is 40.6 Å². The number of hydrogen-bond acceptors (Lipinski definition) is 5. The van der Waals surface area contributed by atoms with Gasteiger partial charge in [0.2, 0.25) is 0 Å². The van der Waals surface area contributed by atoms with Gasteiger partial charge in [-0.15, -0.1) is 6.07 Å². The summed E-state index contributed by atoms with van der Waals surface area (Å²) in [7, 11) is 0. The van der Waals surface area contributed by atoms with Gasteiger partial charge in [0, 0.05) is 17.2 Å². The maximum Gasteiger partial charge on any atom is 2.00 e. The van der Waals surface area contributed by atoms with Gasteiger partial charge >= 0.3 is 31.1 Å². The summed E-state index contributed by atoms with van der Waals surface area (Å²) >= 11 is 0. The predicted molar refractivity (Wildman–Crippen MR) is 105 cm³/mol. The summed E-state index contributed by atoms with van der Waals surface area (Å²) in [5.74, 6) is 1.72. The SMILES string of the molecule is C=Cc1cccc(Nc2ncnc3cc(OC(C)C)[c-]c(OC[CH2-])c23)c1.[U+2]. The van der Waals surface area contributed by atoms with Crippen LogP contribution in [0.25, 0.3) is 17.0 Å². The molecule has 0 amide bonds. The standard InChI is InChI=1S/C21H21N3O2.U/c1-5-15-8-7-9-16(10-15)24-21-20-18(22-13-23-21)11-17(26-14(3)4)12-19(20)25-6-2;/h5,7-11,13-14H,1-2,6H2,3-4H3,(H,22,23,24);/q-2;+2. The van der Waals surface area contributed by atoms with Gasteiger partial charge in [0.15, 0.2) is 0 Å². The van der Waals surface area contributed by atoms with E-state index in [2.05, 4.69) is 34.9 Å². The second kappa shape index (κ2) is 9.78. The Labute approximate surface area is 183 Å². The van der Waals surface area contributed by atoms with Gasteiger partial charge in [-0.25, -0.2) is 4.98 Å². The van der Waals surface area contributed by atoms with Gasteiger partial charge in [0.25, 0.3) is 0 Å². The van der Waals surface area contributed by atoms with E-state index in [1.54, 1.807) is 6.08 Å². The molecule has 0 unspecified atom stereocenters. The summed E-state index contributed by atoms with van der Waals surface area (Å²) in [6.45, 7) is 11.7. The molecule has 3 aromatic rings. The monoisotopic (exact) mass is 585 g/mol. The molecule has 1 N–H and O–H groups in total. The zero-order valence-electron chi connectivity index (χ0n) is 15.5. The van der Waals surface area contributed by atoms with Crippen LogP contribution in [0, 0.1) is 44.1 Å². The molecule has 0 saturated carbocycles. The molecule has 0 fully saturated rings. The molecule has 27 heavy (non-hydrogen) atoms. The van der Waals surface area contributed by atoms with E-state index in [1.165, 1.54) is 6.33 Å². The van der Waals surface area contributed by atoms with E-state index in [1.807, 2.05) is 44.2 Å². The van der Waals surface area contributed by atoms with Gasteiger partial charge in [0.05, 0.1) is 11.9 Å². The van der Waals surface area contributed by atoms with E-state index in [4.69, 9.17) is 9.47 Å². The zero-order chi connectivity index (χ0) is 18.5. The van der Waals surface area contributed by atoms with Crippen LogP contribution in [0.2, 0.25) is 0 Å². The van der Waals surface area contributed by atoms with Crippen molar-refractivity contribution >= 4 is 28.5 Å². The molecule has 5 nitrogen and oxygen atoms in total. The van der Waals surface area contributed by atoms with Crippen LogP contribution in [0.4, 0.5) is 11.5 Å². The second-order valence-electron chi connectivity index (χ2n) is 5.91. The smallest absolute Gasteiger partial charge is 0.550 e. The minimum Gasteiger partial charge on any atom is -0.550 e. The molecule has 0 atom stereocenters. The molecular formula is C21H21N3O2U. The fourth-order valence-corrected chi connectivity index (χ4v) is 2.57. The molecule has 1 heterocycles. The molecule has 6 heteroatoms. The Morgan fingerprint density at radius 2 is 2.11 bits per heavy atom. The van der Waals surface area contributed by atoms with Gasteiger partial charge in [-0.2, -0.15) is 0 Å². The number of nitrogens with one attached hydrogen (secondary N) is 1. The number of ether oxygens (including phenoxy) is 2. The van der Waals surface area contributed by atoms with Crippen molar-refractivity contribution in [2.75, 3.05) is 11.9 Å². The average molecular weight is 585 g/mol. The predicted octanol–water partition coefficient (Wildman–Crippen LogP) is 4.82. The van der Waals surface area contributed by atoms with Crippen molar-refractivity contribution in [2.45, 2.75) is 20.0 Å². The summed E-state index contributed by atoms with van der Waals surface area (Å²) in [5, 5.41) is 4.05. The van der Waals surface area contributed by atoms with Gasteiger partial charge in [-0.1, -0.05) is 30.9 Å². The number of hydrogen-bond donors (Lipinski definition) is 1. The van der Waals surface area contributed by atoms with E-state index in [-0.39, 0.29) is 43.8 Å². The van der Waals surface area contributed by atoms with Crippen LogP contribution in [0.15, 0.2) is 43.2 Å². The third-order valence-corrected chi connectivity index (χ3v) is 3.60. The van der Waals surface area contributed by atoms with Crippen LogP contribution in [-0.2, 0) is 0 Å². The minimum absolute atomic E-state index is 0. The molecule has 1 aromatic heterocycles. The molecule has 3 rings (SSSR count). The van der Waals surface area contributed by atoms with E-state index in [9.17, 15) is 0 Å². The molecule has 0 aliphatic rings. The molecule has 0 aliphatic heterocycles. The molecule has 0 saturated heterocycles. The second-order valence-corrected chi connectivity index (χ2v) is 5.91. The maximum absolute atomic E-state index is 5.75. The summed E-state index contributed by atoms with van der Waals surface area (Å²) in [6, 6.07) is 12.9. The zero-order valence-corrected chi connectivity index (χ0v) is 19.6. The first-order valence-electron chi connectivity index (χ1n) is 8.40. The van der Waals surface area contributed by atoms with Gasteiger partial charge in [-0.05, 0) is 49.1 Å². The first kappa shape index (κ1) is 21.3. The molecule has 2 aromatic carbocycles. The van der Waals surface area contributed by atoms with Crippen LogP contribution in [0.5, 0.6) is 11.5 Å². The Hall–Kier alpha value is -2.03. The molecule has 0 aliphatic carbocycles. The van der Waals surface area contributed by atoms with Gasteiger partial charge in [0.1, 0.15) is 6.33 Å². The largest absolute Gasteiger partial charge is 2.00 e. The molecular weight excluding hydrogens is 564 g/mol. The summed E-state index contributed by atoms with van der Waals surface area (Å²) in [5.41, 5.74) is 2.62. The molecule has 0 bridgehead atoms. The number of aromatic nitrogens is 2. The van der Waals surface area contributed by atoms with E-state index < -0.39 is 0 Å². The quantitative estimate of drug-likeness (QED) is 0.404. The first-order chi connectivity index (χ1) is 12.6. The van der Waals surface area contributed by atoms with Crippen molar-refractivity contribution in [3.8, 4) is 11.5 Å².